The summed E-state index contributed by atoms with van der Waals surface area (Å²) in [5.41, 5.74) is 0. The first-order valence-electron chi connectivity index (χ1n) is 5.96. The number of rotatable bonds is 3. The Kier molecular flexibility index (Phi) is 4.38. The van der Waals surface area contributed by atoms with Crippen molar-refractivity contribution in [3.63, 3.8) is 0 Å². The van der Waals surface area contributed by atoms with E-state index in [0.29, 0.717) is 12.1 Å². The van der Waals surface area contributed by atoms with E-state index in [2.05, 4.69) is 17.3 Å². The SMILES string of the molecule is CN(CC1CNCCO1)C1CCOCC1. The Labute approximate surface area is 91.9 Å². The van der Waals surface area contributed by atoms with E-state index in [4.69, 9.17) is 9.47 Å². The van der Waals surface area contributed by atoms with Crippen LogP contribution in [0.4, 0.5) is 0 Å². The summed E-state index contributed by atoms with van der Waals surface area (Å²) >= 11 is 0. The van der Waals surface area contributed by atoms with Crippen LogP contribution in [0.25, 0.3) is 0 Å². The Bertz CT molecular complexity index is 177. The smallest absolute Gasteiger partial charge is 0.0826 e. The zero-order chi connectivity index (χ0) is 10.5. The van der Waals surface area contributed by atoms with Gasteiger partial charge in [-0.15, -0.1) is 0 Å². The molecule has 2 saturated heterocycles. The molecule has 1 unspecified atom stereocenters. The molecule has 1 atom stereocenters. The summed E-state index contributed by atoms with van der Waals surface area (Å²) in [4.78, 5) is 2.43. The molecule has 0 aromatic rings. The van der Waals surface area contributed by atoms with E-state index in [0.717, 1.165) is 52.3 Å². The molecule has 88 valence electrons. The second-order valence-corrected chi connectivity index (χ2v) is 4.48. The maximum atomic E-state index is 5.70. The van der Waals surface area contributed by atoms with Gasteiger partial charge >= 0.3 is 0 Å². The monoisotopic (exact) mass is 214 g/mol. The largest absolute Gasteiger partial charge is 0.381 e. The zero-order valence-corrected chi connectivity index (χ0v) is 9.58. The molecule has 4 heteroatoms. The van der Waals surface area contributed by atoms with Crippen molar-refractivity contribution in [1.82, 2.24) is 10.2 Å². The van der Waals surface area contributed by atoms with Crippen LogP contribution < -0.4 is 5.32 Å². The van der Waals surface area contributed by atoms with Gasteiger partial charge in [-0.2, -0.15) is 0 Å². The van der Waals surface area contributed by atoms with Crippen LogP contribution in [0.1, 0.15) is 12.8 Å². The van der Waals surface area contributed by atoms with Crippen molar-refractivity contribution in [2.75, 3.05) is 46.5 Å². The highest BCUT2D eigenvalue weighted by Gasteiger charge is 2.22. The van der Waals surface area contributed by atoms with Crippen molar-refractivity contribution in [1.29, 1.82) is 0 Å². The Morgan fingerprint density at radius 2 is 2.07 bits per heavy atom. The van der Waals surface area contributed by atoms with Crippen molar-refractivity contribution in [3.8, 4) is 0 Å². The number of morpholine rings is 1. The zero-order valence-electron chi connectivity index (χ0n) is 9.58. The summed E-state index contributed by atoms with van der Waals surface area (Å²) in [5.74, 6) is 0. The third-order valence-electron chi connectivity index (χ3n) is 3.31. The summed E-state index contributed by atoms with van der Waals surface area (Å²) in [6, 6.07) is 0.685. The van der Waals surface area contributed by atoms with Crippen LogP contribution in [0.5, 0.6) is 0 Å². The number of ether oxygens (including phenoxy) is 2. The molecule has 0 aromatic heterocycles. The highest BCUT2D eigenvalue weighted by molar-refractivity contribution is 4.77. The van der Waals surface area contributed by atoms with Gasteiger partial charge in [0.2, 0.25) is 0 Å². The Hall–Kier alpha value is -0.160. The van der Waals surface area contributed by atoms with Gasteiger partial charge in [0.05, 0.1) is 12.7 Å². The van der Waals surface area contributed by atoms with Gasteiger partial charge in [0.15, 0.2) is 0 Å². The maximum absolute atomic E-state index is 5.70. The average molecular weight is 214 g/mol. The van der Waals surface area contributed by atoms with Crippen molar-refractivity contribution < 1.29 is 9.47 Å². The second kappa shape index (κ2) is 5.80. The highest BCUT2D eigenvalue weighted by Crippen LogP contribution is 2.13. The molecule has 4 nitrogen and oxygen atoms in total. The van der Waals surface area contributed by atoms with Crippen molar-refractivity contribution in [3.05, 3.63) is 0 Å². The molecular weight excluding hydrogens is 192 g/mol. The van der Waals surface area contributed by atoms with Gasteiger partial charge in [0.25, 0.3) is 0 Å². The lowest BCUT2D eigenvalue weighted by atomic mass is 10.1. The van der Waals surface area contributed by atoms with E-state index in [-0.39, 0.29) is 0 Å². The molecule has 2 heterocycles. The van der Waals surface area contributed by atoms with Gasteiger partial charge in [0, 0.05) is 38.9 Å². The molecule has 0 amide bonds. The van der Waals surface area contributed by atoms with Crippen LogP contribution in [0.2, 0.25) is 0 Å². The fourth-order valence-corrected chi connectivity index (χ4v) is 2.33. The lowest BCUT2D eigenvalue weighted by Crippen LogP contribution is -2.47. The fourth-order valence-electron chi connectivity index (χ4n) is 2.33. The highest BCUT2D eigenvalue weighted by atomic mass is 16.5. The minimum absolute atomic E-state index is 0.367. The van der Waals surface area contributed by atoms with Crippen LogP contribution in [-0.4, -0.2) is 63.5 Å². The van der Waals surface area contributed by atoms with Crippen molar-refractivity contribution in [2.45, 2.75) is 25.0 Å². The quantitative estimate of drug-likeness (QED) is 0.722. The Balaban J connectivity index is 1.72. The van der Waals surface area contributed by atoms with E-state index in [1.165, 1.54) is 0 Å². The standard InChI is InChI=1S/C11H22N2O2/c1-13(10-2-5-14-6-3-10)9-11-8-12-4-7-15-11/h10-12H,2-9H2,1H3. The van der Waals surface area contributed by atoms with Gasteiger partial charge < -0.3 is 19.7 Å². The van der Waals surface area contributed by atoms with E-state index >= 15 is 0 Å². The third-order valence-corrected chi connectivity index (χ3v) is 3.31. The minimum Gasteiger partial charge on any atom is -0.381 e. The molecule has 0 radical (unpaired) electrons. The third kappa shape index (κ3) is 3.41. The first-order chi connectivity index (χ1) is 7.36. The molecular formula is C11H22N2O2. The number of nitrogens with zero attached hydrogens (tertiary/aromatic N) is 1. The minimum atomic E-state index is 0.367. The maximum Gasteiger partial charge on any atom is 0.0826 e. The van der Waals surface area contributed by atoms with Crippen LogP contribution in [-0.2, 0) is 9.47 Å². The summed E-state index contributed by atoms with van der Waals surface area (Å²) in [7, 11) is 2.20. The number of hydrogen-bond acceptors (Lipinski definition) is 4. The Morgan fingerprint density at radius 1 is 1.27 bits per heavy atom. The molecule has 2 aliphatic heterocycles. The lowest BCUT2D eigenvalue weighted by molar-refractivity contribution is -0.0143. The van der Waals surface area contributed by atoms with E-state index in [9.17, 15) is 0 Å². The summed E-state index contributed by atoms with van der Waals surface area (Å²) < 4.78 is 11.1. The van der Waals surface area contributed by atoms with E-state index in [1.807, 2.05) is 0 Å². The van der Waals surface area contributed by atoms with Gasteiger partial charge in [-0.1, -0.05) is 0 Å². The Morgan fingerprint density at radius 3 is 2.73 bits per heavy atom. The van der Waals surface area contributed by atoms with Crippen molar-refractivity contribution in [2.24, 2.45) is 0 Å². The number of hydrogen-bond donors (Lipinski definition) is 1. The van der Waals surface area contributed by atoms with Crippen molar-refractivity contribution >= 4 is 0 Å². The first kappa shape index (κ1) is 11.3. The topological polar surface area (TPSA) is 33.7 Å². The molecule has 15 heavy (non-hydrogen) atoms. The molecule has 0 saturated carbocycles. The summed E-state index contributed by atoms with van der Waals surface area (Å²) in [6.45, 7) is 5.71. The molecule has 0 aromatic carbocycles. The van der Waals surface area contributed by atoms with Gasteiger partial charge in [-0.25, -0.2) is 0 Å². The van der Waals surface area contributed by atoms with E-state index in [1.54, 1.807) is 0 Å². The van der Waals surface area contributed by atoms with Crippen LogP contribution in [0.15, 0.2) is 0 Å². The van der Waals surface area contributed by atoms with E-state index < -0.39 is 0 Å². The molecule has 2 fully saturated rings. The van der Waals surface area contributed by atoms with Gasteiger partial charge in [0.1, 0.15) is 0 Å². The van der Waals surface area contributed by atoms with Gasteiger partial charge in [-0.3, -0.25) is 0 Å². The number of nitrogens with one attached hydrogen (secondary N) is 1. The molecule has 2 rings (SSSR count). The predicted octanol–water partition coefficient (Wildman–Crippen LogP) is 0.0856. The summed E-state index contributed by atoms with van der Waals surface area (Å²) in [6.07, 6.45) is 2.69. The molecule has 0 aliphatic carbocycles. The van der Waals surface area contributed by atoms with Crippen LogP contribution in [0, 0.1) is 0 Å². The molecule has 0 spiro atoms. The number of likely N-dealkylation sites (N-methyl/N-ethyl adjacent to an activating group) is 1. The van der Waals surface area contributed by atoms with Crippen LogP contribution >= 0.6 is 0 Å². The second-order valence-electron chi connectivity index (χ2n) is 4.48. The average Bonchev–Trinajstić information content (AvgIpc) is 2.31. The predicted molar refractivity (Wildman–Crippen MR) is 59.1 cm³/mol. The van der Waals surface area contributed by atoms with Crippen LogP contribution in [0.3, 0.4) is 0 Å². The first-order valence-corrected chi connectivity index (χ1v) is 5.96. The lowest BCUT2D eigenvalue weighted by Gasteiger charge is -2.34. The normalized spacial score (nSPS) is 29.6. The molecule has 2 aliphatic rings. The van der Waals surface area contributed by atoms with Gasteiger partial charge in [-0.05, 0) is 19.9 Å². The molecule has 1 N–H and O–H groups in total. The fraction of sp³-hybridized carbons (Fsp3) is 1.00. The summed E-state index contributed by atoms with van der Waals surface area (Å²) in [5, 5.41) is 3.37. The molecule has 0 bridgehead atoms.